The largest absolute Gasteiger partial charge is 0.508 e. The lowest BCUT2D eigenvalue weighted by molar-refractivity contribution is -0.144. The van der Waals surface area contributed by atoms with Gasteiger partial charge in [-0.05, 0) is 55.7 Å². The van der Waals surface area contributed by atoms with Crippen LogP contribution in [0.5, 0.6) is 5.75 Å². The van der Waals surface area contributed by atoms with E-state index in [4.69, 9.17) is 5.73 Å². The molecule has 0 saturated heterocycles. The molecule has 0 aliphatic carbocycles. The topological polar surface area (TPSA) is 420 Å². The zero-order chi connectivity index (χ0) is 55.2. The Morgan fingerprint density at radius 1 is 0.556 bits per heavy atom. The SMILES string of the molecule is CC[C@@H](C)[C@H](NC(=O)[C@@H](NC(=O)[C@@H](NC(=O)CNC(=O)[C@H](C)NC(=O)[C@H](Cc1ccc(O)cc1)NC(C)=O)[C@@H](C)O)[C@@H](C)CC)C(=O)N[C@@H](CC(N)=O)C(=O)N[C@@H](CC(=O)O)C(=O)N[C@@H](CC(C)C)C(=O)O. The number of hydrogen-bond donors (Lipinski definition) is 14. The van der Waals surface area contributed by atoms with Crippen molar-refractivity contribution >= 4 is 71.0 Å². The number of aliphatic hydroxyl groups is 1. The molecule has 0 aliphatic heterocycles. The van der Waals surface area contributed by atoms with Crippen LogP contribution in [0, 0.1) is 17.8 Å². The van der Waals surface area contributed by atoms with E-state index < -0.39 is 157 Å². The van der Waals surface area contributed by atoms with Gasteiger partial charge in [0.2, 0.25) is 59.1 Å². The highest BCUT2D eigenvalue weighted by Crippen LogP contribution is 2.15. The maximum Gasteiger partial charge on any atom is 0.326 e. The van der Waals surface area contributed by atoms with E-state index in [0.29, 0.717) is 5.56 Å². The Bertz CT molecular complexity index is 2100. The molecule has 0 bridgehead atoms. The molecule has 15 N–H and O–H groups in total. The second kappa shape index (κ2) is 30.4. The van der Waals surface area contributed by atoms with Crippen LogP contribution in [0.1, 0.15) is 100.0 Å². The van der Waals surface area contributed by atoms with Gasteiger partial charge in [-0.25, -0.2) is 4.79 Å². The van der Waals surface area contributed by atoms with Gasteiger partial charge in [-0.3, -0.25) is 52.7 Å². The van der Waals surface area contributed by atoms with E-state index in [-0.39, 0.29) is 37.4 Å². The van der Waals surface area contributed by atoms with Gasteiger partial charge < -0.3 is 74.0 Å². The number of rotatable bonds is 31. The Morgan fingerprint density at radius 3 is 1.46 bits per heavy atom. The van der Waals surface area contributed by atoms with E-state index in [1.807, 2.05) is 0 Å². The third-order valence-corrected chi connectivity index (χ3v) is 11.3. The van der Waals surface area contributed by atoms with Crippen LogP contribution in [-0.2, 0) is 64.0 Å². The van der Waals surface area contributed by atoms with Gasteiger partial charge in [-0.15, -0.1) is 0 Å². The first kappa shape index (κ1) is 62.6. The number of benzene rings is 1. The summed E-state index contributed by atoms with van der Waals surface area (Å²) in [5.41, 5.74) is 5.96. The number of nitrogens with two attached hydrogens (primary N) is 1. The summed E-state index contributed by atoms with van der Waals surface area (Å²) < 4.78 is 0. The smallest absolute Gasteiger partial charge is 0.326 e. The lowest BCUT2D eigenvalue weighted by Crippen LogP contribution is -2.62. The number of aromatic hydroxyl groups is 1. The van der Waals surface area contributed by atoms with Gasteiger partial charge in [-0.1, -0.05) is 66.5 Å². The number of nitrogens with one attached hydrogen (secondary N) is 9. The number of carbonyl (C=O) groups is 12. The molecule has 1 aromatic rings. The van der Waals surface area contributed by atoms with Crippen molar-refractivity contribution in [2.75, 3.05) is 6.54 Å². The second-order valence-electron chi connectivity index (χ2n) is 18.0. The maximum absolute atomic E-state index is 14.0. The van der Waals surface area contributed by atoms with Crippen LogP contribution < -0.4 is 53.6 Å². The fourth-order valence-electron chi connectivity index (χ4n) is 6.84. The Morgan fingerprint density at radius 2 is 1.01 bits per heavy atom. The number of carboxylic acids is 2. The first-order valence-electron chi connectivity index (χ1n) is 23.4. The predicted octanol–water partition coefficient (Wildman–Crippen LogP) is -3.08. The molecule has 1 rings (SSSR count). The molecule has 0 unspecified atom stereocenters. The van der Waals surface area contributed by atoms with Crippen LogP contribution in [0.4, 0.5) is 0 Å². The van der Waals surface area contributed by atoms with Gasteiger partial charge in [0, 0.05) is 13.3 Å². The summed E-state index contributed by atoms with van der Waals surface area (Å²) in [6, 6.07) is -6.23. The van der Waals surface area contributed by atoms with Crippen LogP contribution in [0.3, 0.4) is 0 Å². The molecular weight excluding hydrogens is 949 g/mol. The molecule has 0 aliphatic rings. The van der Waals surface area contributed by atoms with Gasteiger partial charge in [0.15, 0.2) is 0 Å². The zero-order valence-electron chi connectivity index (χ0n) is 42.0. The molecule has 0 fully saturated rings. The van der Waals surface area contributed by atoms with Crippen LogP contribution in [0.25, 0.3) is 0 Å². The average Bonchev–Trinajstić information content (AvgIpc) is 3.28. The molecule has 0 radical (unpaired) electrons. The molecule has 26 heteroatoms. The second-order valence-corrected chi connectivity index (χ2v) is 18.0. The summed E-state index contributed by atoms with van der Waals surface area (Å²) in [7, 11) is 0. The molecule has 0 spiro atoms. The van der Waals surface area contributed by atoms with Crippen LogP contribution in [-0.4, -0.2) is 152 Å². The summed E-state index contributed by atoms with van der Waals surface area (Å²) in [4.78, 5) is 155. The molecule has 402 valence electrons. The summed E-state index contributed by atoms with van der Waals surface area (Å²) >= 11 is 0. The summed E-state index contributed by atoms with van der Waals surface area (Å²) in [6.45, 7) is 12.8. The molecule has 1 aromatic carbocycles. The molecule has 0 aromatic heterocycles. The predicted molar refractivity (Wildman–Crippen MR) is 255 cm³/mol. The van der Waals surface area contributed by atoms with Crippen molar-refractivity contribution in [1.82, 2.24) is 47.9 Å². The van der Waals surface area contributed by atoms with Crippen LogP contribution >= 0.6 is 0 Å². The van der Waals surface area contributed by atoms with E-state index in [1.165, 1.54) is 32.9 Å². The summed E-state index contributed by atoms with van der Waals surface area (Å²) in [5, 5.41) is 60.4. The Kier molecular flexibility index (Phi) is 26.4. The number of primary amides is 1. The van der Waals surface area contributed by atoms with Crippen molar-refractivity contribution in [3.63, 3.8) is 0 Å². The van der Waals surface area contributed by atoms with Gasteiger partial charge in [0.25, 0.3) is 0 Å². The monoisotopic (exact) mass is 1020 g/mol. The van der Waals surface area contributed by atoms with E-state index in [2.05, 4.69) is 47.9 Å². The summed E-state index contributed by atoms with van der Waals surface area (Å²) in [5.74, 6) is -14.2. The van der Waals surface area contributed by atoms with Crippen molar-refractivity contribution in [3.8, 4) is 5.75 Å². The van der Waals surface area contributed by atoms with Gasteiger partial charge in [-0.2, -0.15) is 0 Å². The van der Waals surface area contributed by atoms with Gasteiger partial charge >= 0.3 is 11.9 Å². The van der Waals surface area contributed by atoms with Gasteiger partial charge in [0.05, 0.1) is 25.5 Å². The minimum Gasteiger partial charge on any atom is -0.508 e. The first-order valence-corrected chi connectivity index (χ1v) is 23.4. The standard InChI is InChI=1S/C46H72N10O16/c1-10-22(5)36(43(68)52-30(18-33(47)60)41(66)51-31(19-35(62)63)42(67)53-32(46(71)72)16-21(3)4)55-44(69)37(23(6)11-2)56-45(70)38(25(8)57)54-34(61)20-48-39(64)24(7)49-40(65)29(50-26(9)58)17-27-12-14-28(59)15-13-27/h12-15,21-25,29-32,36-38,57,59H,10-11,16-20H2,1-9H3,(H2,47,60)(H,48,64)(H,49,65)(H,50,58)(H,51,66)(H,52,68)(H,53,67)(H,54,61)(H,55,69)(H,56,70)(H,62,63)(H,71,72)/t22-,23+,24+,25-,29+,30+,31+,32+,36+,37+,38+/m1/s1. The highest BCUT2D eigenvalue weighted by Gasteiger charge is 2.38. The number of phenolic OH excluding ortho intramolecular Hbond substituents is 1. The quantitative estimate of drug-likeness (QED) is 0.0351. The Balaban J connectivity index is 3.20. The maximum atomic E-state index is 14.0. The number of amides is 10. The van der Waals surface area contributed by atoms with Crippen molar-refractivity contribution in [2.45, 2.75) is 155 Å². The number of carbonyl (C=O) groups excluding carboxylic acids is 10. The lowest BCUT2D eigenvalue weighted by atomic mass is 9.94. The number of hydrogen-bond acceptors (Lipinski definition) is 14. The van der Waals surface area contributed by atoms with Crippen molar-refractivity contribution in [3.05, 3.63) is 29.8 Å². The van der Waals surface area contributed by atoms with E-state index in [1.54, 1.807) is 53.7 Å². The Hall–Kier alpha value is -7.38. The average molecular weight is 1020 g/mol. The van der Waals surface area contributed by atoms with E-state index >= 15 is 0 Å². The molecule has 72 heavy (non-hydrogen) atoms. The molecule has 26 nitrogen and oxygen atoms in total. The fourth-order valence-corrected chi connectivity index (χ4v) is 6.84. The number of carboxylic acid groups (broad SMARTS) is 2. The molecular formula is C46H72N10O16. The minimum absolute atomic E-state index is 0.0111. The highest BCUT2D eigenvalue weighted by molar-refractivity contribution is 5.99. The molecule has 10 amide bonds. The molecule has 0 saturated carbocycles. The lowest BCUT2D eigenvalue weighted by Gasteiger charge is -2.31. The van der Waals surface area contributed by atoms with Crippen LogP contribution in [0.15, 0.2) is 24.3 Å². The van der Waals surface area contributed by atoms with E-state index in [9.17, 15) is 78.0 Å². The third kappa shape index (κ3) is 22.1. The summed E-state index contributed by atoms with van der Waals surface area (Å²) in [6.07, 6.45) is -2.99. The molecule has 0 heterocycles. The number of aliphatic hydroxyl groups excluding tert-OH is 1. The van der Waals surface area contributed by atoms with Crippen molar-refractivity contribution in [1.29, 1.82) is 0 Å². The number of aliphatic carboxylic acids is 2. The van der Waals surface area contributed by atoms with Crippen molar-refractivity contribution in [2.24, 2.45) is 23.5 Å². The van der Waals surface area contributed by atoms with Gasteiger partial charge in [0.1, 0.15) is 54.1 Å². The van der Waals surface area contributed by atoms with Crippen molar-refractivity contribution < 1.29 is 78.0 Å². The number of phenols is 1. The third-order valence-electron chi connectivity index (χ3n) is 11.3. The minimum atomic E-state index is -1.88. The Labute approximate surface area is 416 Å². The fraction of sp³-hybridized carbons (Fsp3) is 0.609. The van der Waals surface area contributed by atoms with E-state index in [0.717, 1.165) is 0 Å². The van der Waals surface area contributed by atoms with Crippen LogP contribution in [0.2, 0.25) is 0 Å². The first-order chi connectivity index (χ1) is 33.5. The zero-order valence-corrected chi connectivity index (χ0v) is 42.0. The molecule has 11 atom stereocenters. The normalized spacial score (nSPS) is 15.6. The highest BCUT2D eigenvalue weighted by atomic mass is 16.4.